The second kappa shape index (κ2) is 7.07. The zero-order valence-corrected chi connectivity index (χ0v) is 11.0. The molecule has 0 saturated carbocycles. The number of nitrogens with zero attached hydrogens (tertiary/aromatic N) is 1. The van der Waals surface area contributed by atoms with Crippen LogP contribution in [0.3, 0.4) is 0 Å². The monoisotopic (exact) mass is 286 g/mol. The predicted octanol–water partition coefficient (Wildman–Crippen LogP) is 0.400. The average Bonchev–Trinajstić information content (AvgIpc) is 2.43. The maximum absolute atomic E-state index is 11.9. The van der Waals surface area contributed by atoms with Gasteiger partial charge in [-0.2, -0.15) is 0 Å². The van der Waals surface area contributed by atoms with E-state index in [0.29, 0.717) is 4.90 Å². The molecule has 0 aliphatic heterocycles. The Balaban J connectivity index is 3.08. The van der Waals surface area contributed by atoms with Gasteiger partial charge in [0.05, 0.1) is 24.2 Å². The molecule has 19 heavy (non-hydrogen) atoms. The van der Waals surface area contributed by atoms with Crippen molar-refractivity contribution in [3.63, 3.8) is 0 Å². The van der Waals surface area contributed by atoms with Crippen LogP contribution >= 0.6 is 11.8 Å². The highest BCUT2D eigenvalue weighted by Gasteiger charge is 2.22. The molecule has 0 fully saturated rings. The number of rotatable bonds is 6. The first kappa shape index (κ1) is 15.4. The zero-order chi connectivity index (χ0) is 14.4. The highest BCUT2D eigenvalue weighted by molar-refractivity contribution is 7.98. The third-order valence-electron chi connectivity index (χ3n) is 2.42. The molecule has 7 nitrogen and oxygen atoms in total. The molecule has 1 rings (SSSR count). The van der Waals surface area contributed by atoms with Crippen molar-refractivity contribution in [3.8, 4) is 0 Å². The number of aliphatic hydroxyl groups excluding tert-OH is 2. The van der Waals surface area contributed by atoms with E-state index in [9.17, 15) is 14.9 Å². The molecule has 0 unspecified atom stereocenters. The number of nitrogens with one attached hydrogen (secondary N) is 1. The number of benzene rings is 1. The fraction of sp³-hybridized carbons (Fsp3) is 0.364. The van der Waals surface area contributed by atoms with Crippen molar-refractivity contribution in [3.05, 3.63) is 33.9 Å². The first-order valence-corrected chi connectivity index (χ1v) is 6.61. The first-order valence-electron chi connectivity index (χ1n) is 5.38. The van der Waals surface area contributed by atoms with Gasteiger partial charge in [-0.25, -0.2) is 0 Å². The number of nitro benzene ring substituents is 1. The molecular weight excluding hydrogens is 272 g/mol. The van der Waals surface area contributed by atoms with Crippen LogP contribution in [0.5, 0.6) is 0 Å². The quantitative estimate of drug-likeness (QED) is 0.396. The summed E-state index contributed by atoms with van der Waals surface area (Å²) < 4.78 is 0. The lowest BCUT2D eigenvalue weighted by Crippen LogP contribution is -2.40. The molecule has 104 valence electrons. The summed E-state index contributed by atoms with van der Waals surface area (Å²) in [6.45, 7) is -0.892. The van der Waals surface area contributed by atoms with Crippen molar-refractivity contribution in [2.24, 2.45) is 0 Å². The van der Waals surface area contributed by atoms with Gasteiger partial charge in [-0.05, 0) is 18.4 Å². The standard InChI is InChI=1S/C11H14N2O5S/c1-19-8-2-3-10(13(17)18)9(4-8)11(16)12-7(5-14)6-15/h2-4,7,14-15H,5-6H2,1H3,(H,12,16). The molecule has 1 aromatic rings. The summed E-state index contributed by atoms with van der Waals surface area (Å²) in [5.74, 6) is -0.698. The van der Waals surface area contributed by atoms with Crippen molar-refractivity contribution < 1.29 is 19.9 Å². The molecule has 0 atom stereocenters. The van der Waals surface area contributed by atoms with Crippen LogP contribution in [0.15, 0.2) is 23.1 Å². The number of hydrogen-bond donors (Lipinski definition) is 3. The molecule has 0 saturated heterocycles. The topological polar surface area (TPSA) is 113 Å². The zero-order valence-electron chi connectivity index (χ0n) is 10.2. The fourth-order valence-corrected chi connectivity index (χ4v) is 1.84. The van der Waals surface area contributed by atoms with Crippen LogP contribution in [0.1, 0.15) is 10.4 Å². The highest BCUT2D eigenvalue weighted by Crippen LogP contribution is 2.24. The van der Waals surface area contributed by atoms with Gasteiger partial charge in [0.15, 0.2) is 0 Å². The highest BCUT2D eigenvalue weighted by atomic mass is 32.2. The minimum atomic E-state index is -0.843. The molecule has 1 aromatic carbocycles. The van der Waals surface area contributed by atoms with E-state index in [-0.39, 0.29) is 11.3 Å². The summed E-state index contributed by atoms with van der Waals surface area (Å²) in [4.78, 5) is 22.9. The third kappa shape index (κ3) is 3.91. The van der Waals surface area contributed by atoms with Crippen LogP contribution in [-0.2, 0) is 0 Å². The minimum Gasteiger partial charge on any atom is -0.394 e. The molecule has 0 aliphatic rings. The van der Waals surface area contributed by atoms with Gasteiger partial charge < -0.3 is 15.5 Å². The summed E-state index contributed by atoms with van der Waals surface area (Å²) in [5.41, 5.74) is -0.409. The van der Waals surface area contributed by atoms with E-state index in [1.54, 1.807) is 12.3 Å². The Kier molecular flexibility index (Phi) is 5.74. The van der Waals surface area contributed by atoms with Crippen LogP contribution in [0, 0.1) is 10.1 Å². The molecule has 0 spiro atoms. The SMILES string of the molecule is CSc1ccc([N+](=O)[O-])c(C(=O)NC(CO)CO)c1. The number of carbonyl (C=O) groups excluding carboxylic acids is 1. The van der Waals surface area contributed by atoms with Crippen molar-refractivity contribution in [2.45, 2.75) is 10.9 Å². The van der Waals surface area contributed by atoms with Gasteiger partial charge in [0.1, 0.15) is 5.56 Å². The number of nitro groups is 1. The van der Waals surface area contributed by atoms with Gasteiger partial charge >= 0.3 is 0 Å². The summed E-state index contributed by atoms with van der Waals surface area (Å²) in [5, 5.41) is 31.0. The van der Waals surface area contributed by atoms with E-state index in [1.807, 2.05) is 0 Å². The Labute approximate surface area is 113 Å². The van der Waals surface area contributed by atoms with E-state index in [1.165, 1.54) is 23.9 Å². The molecular formula is C11H14N2O5S. The van der Waals surface area contributed by atoms with E-state index in [4.69, 9.17) is 10.2 Å². The molecule has 3 N–H and O–H groups in total. The molecule has 0 radical (unpaired) electrons. The van der Waals surface area contributed by atoms with Gasteiger partial charge in [0, 0.05) is 11.0 Å². The number of hydrogen-bond acceptors (Lipinski definition) is 6. The molecule has 0 bridgehead atoms. The van der Waals surface area contributed by atoms with Crippen molar-refractivity contribution >= 4 is 23.4 Å². The Morgan fingerprint density at radius 1 is 1.47 bits per heavy atom. The Morgan fingerprint density at radius 2 is 2.11 bits per heavy atom. The predicted molar refractivity (Wildman–Crippen MR) is 70.3 cm³/mol. The van der Waals surface area contributed by atoms with Crippen molar-refractivity contribution in [2.75, 3.05) is 19.5 Å². The molecule has 8 heteroatoms. The second-order valence-electron chi connectivity index (χ2n) is 3.68. The number of amides is 1. The molecule has 0 aliphatic carbocycles. The van der Waals surface area contributed by atoms with E-state index in [0.717, 1.165) is 0 Å². The summed E-state index contributed by atoms with van der Waals surface area (Å²) >= 11 is 1.35. The van der Waals surface area contributed by atoms with Gasteiger partial charge in [-0.15, -0.1) is 11.8 Å². The third-order valence-corrected chi connectivity index (χ3v) is 3.15. The fourth-order valence-electron chi connectivity index (χ4n) is 1.40. The van der Waals surface area contributed by atoms with Crippen molar-refractivity contribution in [1.29, 1.82) is 0 Å². The minimum absolute atomic E-state index is 0.0938. The summed E-state index contributed by atoms with van der Waals surface area (Å²) in [7, 11) is 0. The summed E-state index contributed by atoms with van der Waals surface area (Å²) in [6, 6.07) is 3.37. The Hall–Kier alpha value is -1.64. The lowest BCUT2D eigenvalue weighted by atomic mass is 10.1. The largest absolute Gasteiger partial charge is 0.394 e. The van der Waals surface area contributed by atoms with Crippen LogP contribution in [0.25, 0.3) is 0 Å². The number of aliphatic hydroxyl groups is 2. The van der Waals surface area contributed by atoms with E-state index < -0.39 is 30.1 Å². The van der Waals surface area contributed by atoms with Crippen molar-refractivity contribution in [1.82, 2.24) is 5.32 Å². The first-order chi connectivity index (χ1) is 9.03. The number of thioether (sulfide) groups is 1. The smallest absolute Gasteiger partial charge is 0.282 e. The van der Waals surface area contributed by atoms with Crippen LogP contribution < -0.4 is 5.32 Å². The van der Waals surface area contributed by atoms with Gasteiger partial charge in [-0.3, -0.25) is 14.9 Å². The average molecular weight is 286 g/mol. The Bertz CT molecular complexity index is 476. The summed E-state index contributed by atoms with van der Waals surface area (Å²) in [6.07, 6.45) is 1.78. The van der Waals surface area contributed by atoms with Crippen LogP contribution in [0.4, 0.5) is 5.69 Å². The molecule has 0 heterocycles. The van der Waals surface area contributed by atoms with Gasteiger partial charge in [0.2, 0.25) is 0 Å². The lowest BCUT2D eigenvalue weighted by Gasteiger charge is -2.13. The Morgan fingerprint density at radius 3 is 2.58 bits per heavy atom. The van der Waals surface area contributed by atoms with E-state index in [2.05, 4.69) is 5.32 Å². The molecule has 1 amide bonds. The van der Waals surface area contributed by atoms with Crippen LogP contribution in [-0.4, -0.2) is 46.6 Å². The van der Waals surface area contributed by atoms with Gasteiger partial charge in [0.25, 0.3) is 11.6 Å². The molecule has 0 aromatic heterocycles. The normalized spacial score (nSPS) is 10.5. The van der Waals surface area contributed by atoms with Gasteiger partial charge in [-0.1, -0.05) is 0 Å². The maximum Gasteiger partial charge on any atom is 0.282 e. The van der Waals surface area contributed by atoms with E-state index >= 15 is 0 Å². The maximum atomic E-state index is 11.9. The number of carbonyl (C=O) groups is 1. The van der Waals surface area contributed by atoms with Crippen LogP contribution in [0.2, 0.25) is 0 Å². The second-order valence-corrected chi connectivity index (χ2v) is 4.56. The lowest BCUT2D eigenvalue weighted by molar-refractivity contribution is -0.385.